The molecule has 2 saturated carbocycles. The molecule has 76 valence electrons. The number of hydrogen-bond acceptors (Lipinski definition) is 0. The normalized spacial score (nSPS) is 45.7. The Balaban J connectivity index is 0.0000000914. The molecule has 4 rings (SSSR count). The molecule has 4 unspecified atom stereocenters. The zero-order chi connectivity index (χ0) is 9.38. The average molecular weight is 188 g/mol. The average Bonchev–Trinajstić information content (AvgIpc) is 3.13. The van der Waals surface area contributed by atoms with Crippen LogP contribution in [0.5, 0.6) is 0 Å². The van der Waals surface area contributed by atoms with Crippen molar-refractivity contribution in [3.05, 3.63) is 24.3 Å². The quantitative estimate of drug-likeness (QED) is 0.505. The van der Waals surface area contributed by atoms with Gasteiger partial charge in [-0.15, -0.1) is 0 Å². The van der Waals surface area contributed by atoms with Crippen LogP contribution in [0.1, 0.15) is 38.5 Å². The highest BCUT2D eigenvalue weighted by Crippen LogP contribution is 2.46. The van der Waals surface area contributed by atoms with E-state index in [0.717, 1.165) is 23.7 Å². The molecule has 0 aromatic heterocycles. The maximum Gasteiger partial charge on any atom is -0.0202 e. The van der Waals surface area contributed by atoms with Gasteiger partial charge in [-0.25, -0.2) is 0 Å². The van der Waals surface area contributed by atoms with E-state index in [1.165, 1.54) is 38.5 Å². The smallest absolute Gasteiger partial charge is 0.0202 e. The van der Waals surface area contributed by atoms with Crippen molar-refractivity contribution in [3.8, 4) is 0 Å². The van der Waals surface area contributed by atoms with E-state index in [2.05, 4.69) is 24.3 Å². The fourth-order valence-electron chi connectivity index (χ4n) is 2.85. The molecular weight excluding hydrogens is 168 g/mol. The maximum atomic E-state index is 2.38. The van der Waals surface area contributed by atoms with Crippen LogP contribution in [0.3, 0.4) is 0 Å². The Hall–Kier alpha value is -0.520. The molecule has 0 heterocycles. The van der Waals surface area contributed by atoms with Crippen molar-refractivity contribution in [2.45, 2.75) is 38.5 Å². The highest BCUT2D eigenvalue weighted by atomic mass is 14.4. The van der Waals surface area contributed by atoms with Gasteiger partial charge in [0, 0.05) is 0 Å². The molecule has 0 aliphatic heterocycles. The first-order chi connectivity index (χ1) is 6.93. The fraction of sp³-hybridized carbons (Fsp3) is 0.714. The van der Waals surface area contributed by atoms with Gasteiger partial charge in [0.05, 0.1) is 0 Å². The number of allylic oxidation sites excluding steroid dienone is 4. The Morgan fingerprint density at radius 2 is 1.57 bits per heavy atom. The molecule has 0 nitrogen and oxygen atoms in total. The monoisotopic (exact) mass is 188 g/mol. The van der Waals surface area contributed by atoms with Crippen LogP contribution < -0.4 is 0 Å². The van der Waals surface area contributed by atoms with Crippen LogP contribution in [0, 0.1) is 23.7 Å². The lowest BCUT2D eigenvalue weighted by molar-refractivity contribution is 0.682. The molecule has 4 atom stereocenters. The summed E-state index contributed by atoms with van der Waals surface area (Å²) in [6.07, 6.45) is 18.0. The summed E-state index contributed by atoms with van der Waals surface area (Å²) in [6.45, 7) is 0. The minimum absolute atomic E-state index is 1.02. The van der Waals surface area contributed by atoms with Crippen LogP contribution in [-0.2, 0) is 0 Å². The Kier molecular flexibility index (Phi) is 2.23. The minimum atomic E-state index is 1.02. The number of fused-ring (bicyclic) bond motifs is 2. The van der Waals surface area contributed by atoms with E-state index in [0.29, 0.717) is 0 Å². The van der Waals surface area contributed by atoms with Crippen LogP contribution in [0.4, 0.5) is 0 Å². The van der Waals surface area contributed by atoms with Gasteiger partial charge in [0.15, 0.2) is 0 Å². The molecule has 4 aliphatic rings. The Morgan fingerprint density at radius 3 is 2.07 bits per heavy atom. The van der Waals surface area contributed by atoms with Crippen molar-refractivity contribution < 1.29 is 0 Å². The van der Waals surface area contributed by atoms with Gasteiger partial charge in [-0.1, -0.05) is 24.3 Å². The molecule has 4 aliphatic carbocycles. The van der Waals surface area contributed by atoms with Crippen molar-refractivity contribution in [1.29, 1.82) is 0 Å². The second-order valence-electron chi connectivity index (χ2n) is 5.36. The molecular formula is C14H20. The third-order valence-electron chi connectivity index (χ3n) is 4.18. The maximum absolute atomic E-state index is 2.38. The van der Waals surface area contributed by atoms with Gasteiger partial charge < -0.3 is 0 Å². The molecule has 0 aromatic carbocycles. The number of hydrogen-bond donors (Lipinski definition) is 0. The van der Waals surface area contributed by atoms with Gasteiger partial charge >= 0.3 is 0 Å². The Bertz CT molecular complexity index is 249. The fourth-order valence-corrected chi connectivity index (χ4v) is 2.85. The van der Waals surface area contributed by atoms with Crippen molar-refractivity contribution in [2.75, 3.05) is 0 Å². The molecule has 0 heteroatoms. The van der Waals surface area contributed by atoms with E-state index >= 15 is 0 Å². The van der Waals surface area contributed by atoms with Crippen LogP contribution in [0.2, 0.25) is 0 Å². The lowest BCUT2D eigenvalue weighted by Crippen LogP contribution is -1.83. The van der Waals surface area contributed by atoms with E-state index in [-0.39, 0.29) is 0 Å². The van der Waals surface area contributed by atoms with Gasteiger partial charge in [-0.3, -0.25) is 0 Å². The van der Waals surface area contributed by atoms with Crippen LogP contribution in [0.15, 0.2) is 24.3 Å². The first-order valence-electron chi connectivity index (χ1n) is 6.25. The SMILES string of the molecule is C1=CC2CC2CC1.C1=CCC2CC2C1. The molecule has 0 spiro atoms. The van der Waals surface area contributed by atoms with E-state index in [1.807, 2.05) is 0 Å². The van der Waals surface area contributed by atoms with Crippen molar-refractivity contribution in [3.63, 3.8) is 0 Å². The zero-order valence-corrected chi connectivity index (χ0v) is 8.86. The van der Waals surface area contributed by atoms with Gasteiger partial charge in [-0.2, -0.15) is 0 Å². The van der Waals surface area contributed by atoms with Crippen LogP contribution >= 0.6 is 0 Å². The first-order valence-corrected chi connectivity index (χ1v) is 6.25. The first kappa shape index (κ1) is 8.76. The summed E-state index contributed by atoms with van der Waals surface area (Å²) in [6, 6.07) is 0. The second kappa shape index (κ2) is 3.56. The molecule has 14 heavy (non-hydrogen) atoms. The summed E-state index contributed by atoms with van der Waals surface area (Å²) in [4.78, 5) is 0. The molecule has 0 aromatic rings. The third-order valence-corrected chi connectivity index (χ3v) is 4.18. The van der Waals surface area contributed by atoms with Crippen molar-refractivity contribution >= 4 is 0 Å². The highest BCUT2D eigenvalue weighted by Gasteiger charge is 2.36. The van der Waals surface area contributed by atoms with Gasteiger partial charge in [0.1, 0.15) is 0 Å². The molecule has 0 bridgehead atoms. The largest absolute Gasteiger partial charge is 0.0882 e. The highest BCUT2D eigenvalue weighted by molar-refractivity contribution is 5.06. The van der Waals surface area contributed by atoms with E-state index < -0.39 is 0 Å². The summed E-state index contributed by atoms with van der Waals surface area (Å²) in [5.74, 6) is 4.37. The molecule has 0 amide bonds. The molecule has 0 radical (unpaired) electrons. The summed E-state index contributed by atoms with van der Waals surface area (Å²) in [5.41, 5.74) is 0. The van der Waals surface area contributed by atoms with E-state index in [1.54, 1.807) is 0 Å². The van der Waals surface area contributed by atoms with E-state index in [4.69, 9.17) is 0 Å². The van der Waals surface area contributed by atoms with Crippen LogP contribution in [-0.4, -0.2) is 0 Å². The predicted molar refractivity (Wildman–Crippen MR) is 59.9 cm³/mol. The Morgan fingerprint density at radius 1 is 0.786 bits per heavy atom. The zero-order valence-electron chi connectivity index (χ0n) is 8.86. The topological polar surface area (TPSA) is 0 Å². The summed E-state index contributed by atoms with van der Waals surface area (Å²) in [5, 5.41) is 0. The van der Waals surface area contributed by atoms with Crippen LogP contribution in [0.25, 0.3) is 0 Å². The lowest BCUT2D eigenvalue weighted by atomic mass is 10.1. The van der Waals surface area contributed by atoms with Crippen molar-refractivity contribution in [1.82, 2.24) is 0 Å². The summed E-state index contributed by atoms with van der Waals surface area (Å²) >= 11 is 0. The third kappa shape index (κ3) is 1.94. The minimum Gasteiger partial charge on any atom is -0.0882 e. The number of rotatable bonds is 0. The lowest BCUT2D eigenvalue weighted by Gasteiger charge is -1.96. The van der Waals surface area contributed by atoms with E-state index in [9.17, 15) is 0 Å². The summed E-state index contributed by atoms with van der Waals surface area (Å²) < 4.78 is 0. The Labute approximate surface area is 87.1 Å². The van der Waals surface area contributed by atoms with Gasteiger partial charge in [0.25, 0.3) is 0 Å². The molecule has 0 N–H and O–H groups in total. The predicted octanol–water partition coefficient (Wildman–Crippen LogP) is 3.95. The van der Waals surface area contributed by atoms with Gasteiger partial charge in [-0.05, 0) is 62.2 Å². The second-order valence-corrected chi connectivity index (χ2v) is 5.36. The van der Waals surface area contributed by atoms with Crippen molar-refractivity contribution in [2.24, 2.45) is 23.7 Å². The molecule has 2 fully saturated rings. The summed E-state index contributed by atoms with van der Waals surface area (Å²) in [7, 11) is 0. The molecule has 0 saturated heterocycles. The van der Waals surface area contributed by atoms with Gasteiger partial charge in [0.2, 0.25) is 0 Å². The standard InChI is InChI=1S/2C7H10/c2*1-2-4-7-5-6(7)3-1/h1,3,6-7H,2,4-5H2;1-2,6-7H,3-5H2.